The van der Waals surface area contributed by atoms with Crippen molar-refractivity contribution in [2.45, 2.75) is 25.2 Å². The maximum Gasteiger partial charge on any atom is 0.251 e. The zero-order valence-corrected chi connectivity index (χ0v) is 16.2. The molecule has 0 aromatic heterocycles. The number of carbonyl (C=O) groups excluding carboxylic acids is 1. The Labute approximate surface area is 154 Å². The van der Waals surface area contributed by atoms with Crippen LogP contribution in [0.25, 0.3) is 0 Å². The average molecular weight is 376 g/mol. The van der Waals surface area contributed by atoms with E-state index in [1.807, 2.05) is 24.3 Å². The summed E-state index contributed by atoms with van der Waals surface area (Å²) in [6.07, 6.45) is 0.669. The van der Waals surface area contributed by atoms with E-state index in [9.17, 15) is 13.2 Å². The van der Waals surface area contributed by atoms with Crippen molar-refractivity contribution < 1.29 is 17.9 Å². The van der Waals surface area contributed by atoms with Gasteiger partial charge in [-0.15, -0.1) is 0 Å². The molecule has 2 N–H and O–H groups in total. The Morgan fingerprint density at radius 3 is 2.35 bits per heavy atom. The van der Waals surface area contributed by atoms with Crippen LogP contribution in [-0.2, 0) is 16.4 Å². The van der Waals surface area contributed by atoms with Crippen LogP contribution in [0.15, 0.2) is 41.3 Å². The minimum Gasteiger partial charge on any atom is -0.497 e. The smallest absolute Gasteiger partial charge is 0.251 e. The molecule has 0 saturated carbocycles. The SMILES string of the molecule is CNS(=O)(=O)c1cc(C(=O)NCCc2ccc(OC)cc2)cc(C)c1C. The first-order valence-corrected chi connectivity index (χ1v) is 9.72. The third kappa shape index (κ3) is 4.62. The number of hydrogen-bond acceptors (Lipinski definition) is 4. The van der Waals surface area contributed by atoms with E-state index in [-0.39, 0.29) is 10.8 Å². The van der Waals surface area contributed by atoms with Gasteiger partial charge in [0.25, 0.3) is 5.91 Å². The lowest BCUT2D eigenvalue weighted by molar-refractivity contribution is 0.0954. The van der Waals surface area contributed by atoms with Gasteiger partial charge in [-0.05, 0) is 68.3 Å². The van der Waals surface area contributed by atoms with Crippen LogP contribution in [-0.4, -0.2) is 35.0 Å². The standard InChI is InChI=1S/C19H24N2O4S/c1-13-11-16(12-18(14(13)2)26(23,24)20-3)19(22)21-10-9-15-5-7-17(25-4)8-6-15/h5-8,11-12,20H,9-10H2,1-4H3,(H,21,22). The van der Waals surface area contributed by atoms with Gasteiger partial charge < -0.3 is 10.1 Å². The van der Waals surface area contributed by atoms with Crippen LogP contribution in [0.1, 0.15) is 27.0 Å². The van der Waals surface area contributed by atoms with Crippen molar-refractivity contribution in [2.24, 2.45) is 0 Å². The summed E-state index contributed by atoms with van der Waals surface area (Å²) in [7, 11) is -0.654. The van der Waals surface area contributed by atoms with Gasteiger partial charge >= 0.3 is 0 Å². The molecular weight excluding hydrogens is 352 g/mol. The van der Waals surface area contributed by atoms with Crippen molar-refractivity contribution >= 4 is 15.9 Å². The summed E-state index contributed by atoms with van der Waals surface area (Å²) in [4.78, 5) is 12.5. The number of hydrogen-bond donors (Lipinski definition) is 2. The fourth-order valence-electron chi connectivity index (χ4n) is 2.56. The Balaban J connectivity index is 2.09. The second-order valence-electron chi connectivity index (χ2n) is 5.98. The zero-order valence-electron chi connectivity index (χ0n) is 15.4. The van der Waals surface area contributed by atoms with Crippen LogP contribution in [0.4, 0.5) is 0 Å². The summed E-state index contributed by atoms with van der Waals surface area (Å²) < 4.78 is 31.7. The van der Waals surface area contributed by atoms with Crippen molar-refractivity contribution in [3.05, 3.63) is 58.7 Å². The number of ether oxygens (including phenoxy) is 1. The fraction of sp³-hybridized carbons (Fsp3) is 0.316. The molecule has 7 heteroatoms. The van der Waals surface area contributed by atoms with Crippen LogP contribution >= 0.6 is 0 Å². The van der Waals surface area contributed by atoms with Gasteiger partial charge in [0, 0.05) is 12.1 Å². The number of rotatable bonds is 7. The molecule has 26 heavy (non-hydrogen) atoms. The number of aryl methyl sites for hydroxylation is 1. The Kier molecular flexibility index (Phi) is 6.39. The minimum atomic E-state index is -3.62. The van der Waals surface area contributed by atoms with Crippen LogP contribution in [0.3, 0.4) is 0 Å². The highest BCUT2D eigenvalue weighted by molar-refractivity contribution is 7.89. The van der Waals surface area contributed by atoms with Crippen molar-refractivity contribution in [3.63, 3.8) is 0 Å². The first-order valence-electron chi connectivity index (χ1n) is 8.24. The predicted octanol–water partition coefficient (Wildman–Crippen LogP) is 2.19. The Hall–Kier alpha value is -2.38. The van der Waals surface area contributed by atoms with E-state index in [0.717, 1.165) is 16.9 Å². The summed E-state index contributed by atoms with van der Waals surface area (Å²) in [6, 6.07) is 10.7. The number of methoxy groups -OCH3 is 1. The van der Waals surface area contributed by atoms with Gasteiger partial charge in [-0.25, -0.2) is 13.1 Å². The van der Waals surface area contributed by atoms with E-state index in [0.29, 0.717) is 24.1 Å². The number of sulfonamides is 1. The molecule has 0 unspecified atom stereocenters. The summed E-state index contributed by atoms with van der Waals surface area (Å²) >= 11 is 0. The highest BCUT2D eigenvalue weighted by atomic mass is 32.2. The molecule has 2 rings (SSSR count). The molecule has 0 aliphatic heterocycles. The van der Waals surface area contributed by atoms with Crippen molar-refractivity contribution in [1.82, 2.24) is 10.0 Å². The molecule has 2 aromatic carbocycles. The second-order valence-corrected chi connectivity index (χ2v) is 7.83. The third-order valence-corrected chi connectivity index (χ3v) is 5.84. The van der Waals surface area contributed by atoms with E-state index in [1.165, 1.54) is 13.1 Å². The molecule has 0 aliphatic rings. The largest absolute Gasteiger partial charge is 0.497 e. The summed E-state index contributed by atoms with van der Waals surface area (Å²) in [6.45, 7) is 3.97. The number of benzene rings is 2. The monoisotopic (exact) mass is 376 g/mol. The van der Waals surface area contributed by atoms with Gasteiger partial charge in [0.2, 0.25) is 10.0 Å². The van der Waals surface area contributed by atoms with E-state index >= 15 is 0 Å². The second kappa shape index (κ2) is 8.33. The van der Waals surface area contributed by atoms with Crippen molar-refractivity contribution in [1.29, 1.82) is 0 Å². The van der Waals surface area contributed by atoms with Gasteiger partial charge in [-0.2, -0.15) is 0 Å². The topological polar surface area (TPSA) is 84.5 Å². The molecule has 1 amide bonds. The fourth-order valence-corrected chi connectivity index (χ4v) is 3.63. The molecule has 0 aliphatic carbocycles. The van der Waals surface area contributed by atoms with Crippen LogP contribution in [0, 0.1) is 13.8 Å². The van der Waals surface area contributed by atoms with Gasteiger partial charge in [-0.3, -0.25) is 4.79 Å². The lowest BCUT2D eigenvalue weighted by Crippen LogP contribution is -2.27. The maximum atomic E-state index is 12.4. The van der Waals surface area contributed by atoms with Crippen LogP contribution < -0.4 is 14.8 Å². The number of amides is 1. The molecular formula is C19H24N2O4S. The predicted molar refractivity (Wildman–Crippen MR) is 101 cm³/mol. The highest BCUT2D eigenvalue weighted by Gasteiger charge is 2.19. The maximum absolute atomic E-state index is 12.4. The summed E-state index contributed by atoms with van der Waals surface area (Å²) in [5.74, 6) is 0.486. The van der Waals surface area contributed by atoms with Gasteiger partial charge in [0.1, 0.15) is 5.75 Å². The quantitative estimate of drug-likeness (QED) is 0.776. The van der Waals surface area contributed by atoms with E-state index in [4.69, 9.17) is 4.74 Å². The molecule has 2 aromatic rings. The third-order valence-electron chi connectivity index (χ3n) is 4.30. The lowest BCUT2D eigenvalue weighted by Gasteiger charge is -2.12. The van der Waals surface area contributed by atoms with Crippen molar-refractivity contribution in [2.75, 3.05) is 20.7 Å². The summed E-state index contributed by atoms with van der Waals surface area (Å²) in [5, 5.41) is 2.83. The Bertz CT molecular complexity index is 891. The van der Waals surface area contributed by atoms with Gasteiger partial charge in [-0.1, -0.05) is 12.1 Å². The Morgan fingerprint density at radius 2 is 1.77 bits per heavy atom. The summed E-state index contributed by atoms with van der Waals surface area (Å²) in [5.41, 5.74) is 2.79. The first-order chi connectivity index (χ1) is 12.3. The van der Waals surface area contributed by atoms with Gasteiger partial charge in [0.05, 0.1) is 12.0 Å². The molecule has 0 bridgehead atoms. The molecule has 0 fully saturated rings. The van der Waals surface area contributed by atoms with Crippen LogP contribution in [0.2, 0.25) is 0 Å². The molecule has 0 heterocycles. The molecule has 0 atom stereocenters. The number of nitrogens with one attached hydrogen (secondary N) is 2. The minimum absolute atomic E-state index is 0.125. The van der Waals surface area contributed by atoms with Crippen molar-refractivity contribution in [3.8, 4) is 5.75 Å². The normalized spacial score (nSPS) is 11.2. The van der Waals surface area contributed by atoms with E-state index in [1.54, 1.807) is 27.0 Å². The molecule has 0 saturated heterocycles. The zero-order chi connectivity index (χ0) is 19.3. The molecule has 140 valence electrons. The molecule has 0 radical (unpaired) electrons. The lowest BCUT2D eigenvalue weighted by atomic mass is 10.1. The average Bonchev–Trinajstić information content (AvgIpc) is 2.64. The van der Waals surface area contributed by atoms with E-state index < -0.39 is 10.0 Å². The Morgan fingerprint density at radius 1 is 1.12 bits per heavy atom. The van der Waals surface area contributed by atoms with E-state index in [2.05, 4.69) is 10.0 Å². The highest BCUT2D eigenvalue weighted by Crippen LogP contribution is 2.21. The first kappa shape index (κ1) is 19.9. The van der Waals surface area contributed by atoms with Crippen LogP contribution in [0.5, 0.6) is 5.75 Å². The number of carbonyl (C=O) groups is 1. The molecule has 6 nitrogen and oxygen atoms in total. The van der Waals surface area contributed by atoms with Gasteiger partial charge in [0.15, 0.2) is 0 Å². The molecule has 0 spiro atoms.